The number of alkyl halides is 3. The SMILES string of the molecule is FC(F)(F)c1cc(Cl)ccc1-n1nc(-c2ccc3ccccc3c2)c2c1NCCCC2. The van der Waals surface area contributed by atoms with E-state index >= 15 is 0 Å². The molecule has 7 heteroatoms. The number of hydrogen-bond acceptors (Lipinski definition) is 2. The second kappa shape index (κ2) is 7.61. The Morgan fingerprint density at radius 3 is 2.55 bits per heavy atom. The lowest BCUT2D eigenvalue weighted by atomic mass is 10.0. The largest absolute Gasteiger partial charge is 0.418 e. The van der Waals surface area contributed by atoms with Crippen LogP contribution in [0.3, 0.4) is 0 Å². The zero-order valence-electron chi connectivity index (χ0n) is 16.5. The molecule has 1 N–H and O–H groups in total. The first-order valence-electron chi connectivity index (χ1n) is 10.1. The fourth-order valence-electron chi connectivity index (χ4n) is 4.17. The van der Waals surface area contributed by atoms with Crippen LogP contribution < -0.4 is 5.32 Å². The van der Waals surface area contributed by atoms with Crippen LogP contribution in [0.2, 0.25) is 5.02 Å². The summed E-state index contributed by atoms with van der Waals surface area (Å²) in [5.74, 6) is 0.619. The molecule has 5 rings (SSSR count). The topological polar surface area (TPSA) is 29.9 Å². The summed E-state index contributed by atoms with van der Waals surface area (Å²) >= 11 is 5.89. The summed E-state index contributed by atoms with van der Waals surface area (Å²) < 4.78 is 42.8. The molecule has 2 heterocycles. The Morgan fingerprint density at radius 1 is 0.935 bits per heavy atom. The van der Waals surface area contributed by atoms with Gasteiger partial charge in [-0.15, -0.1) is 0 Å². The molecule has 1 aromatic heterocycles. The Bertz CT molecular complexity index is 1280. The van der Waals surface area contributed by atoms with Gasteiger partial charge in [0.25, 0.3) is 0 Å². The zero-order chi connectivity index (χ0) is 21.6. The van der Waals surface area contributed by atoms with Crippen molar-refractivity contribution in [3.05, 3.63) is 76.8 Å². The third-order valence-electron chi connectivity index (χ3n) is 5.64. The van der Waals surface area contributed by atoms with Crippen LogP contribution in [-0.4, -0.2) is 16.3 Å². The summed E-state index contributed by atoms with van der Waals surface area (Å²) in [7, 11) is 0. The van der Waals surface area contributed by atoms with Crippen molar-refractivity contribution in [3.63, 3.8) is 0 Å². The highest BCUT2D eigenvalue weighted by atomic mass is 35.5. The number of hydrogen-bond donors (Lipinski definition) is 1. The van der Waals surface area contributed by atoms with Crippen LogP contribution in [0.5, 0.6) is 0 Å². The molecule has 1 aliphatic rings. The zero-order valence-corrected chi connectivity index (χ0v) is 17.3. The molecule has 3 aromatic carbocycles. The molecular formula is C24H19ClF3N3. The summed E-state index contributed by atoms with van der Waals surface area (Å²) in [5.41, 5.74) is 1.70. The van der Waals surface area contributed by atoms with Gasteiger partial charge in [-0.3, -0.25) is 0 Å². The van der Waals surface area contributed by atoms with Gasteiger partial charge in [-0.05, 0) is 54.3 Å². The van der Waals surface area contributed by atoms with E-state index in [1.807, 2.05) is 42.5 Å². The maximum absolute atomic E-state index is 13.8. The number of aromatic nitrogens is 2. The molecule has 0 unspecified atom stereocenters. The first-order valence-corrected chi connectivity index (χ1v) is 10.5. The van der Waals surface area contributed by atoms with Crippen molar-refractivity contribution in [2.75, 3.05) is 11.9 Å². The van der Waals surface area contributed by atoms with Gasteiger partial charge in [0.1, 0.15) is 5.82 Å². The van der Waals surface area contributed by atoms with Crippen molar-refractivity contribution in [1.29, 1.82) is 0 Å². The van der Waals surface area contributed by atoms with Gasteiger partial charge in [0.15, 0.2) is 0 Å². The normalized spacial score (nSPS) is 14.2. The van der Waals surface area contributed by atoms with Crippen molar-refractivity contribution >= 4 is 28.2 Å². The quantitative estimate of drug-likeness (QED) is 0.359. The van der Waals surface area contributed by atoms with Gasteiger partial charge in [0, 0.05) is 22.7 Å². The molecule has 0 saturated heterocycles. The van der Waals surface area contributed by atoms with Crippen LogP contribution in [-0.2, 0) is 12.6 Å². The Balaban J connectivity index is 1.74. The predicted molar refractivity (Wildman–Crippen MR) is 118 cm³/mol. The molecule has 31 heavy (non-hydrogen) atoms. The van der Waals surface area contributed by atoms with Gasteiger partial charge in [0.2, 0.25) is 0 Å². The maximum atomic E-state index is 13.8. The van der Waals surface area contributed by atoms with Crippen molar-refractivity contribution in [3.8, 4) is 16.9 Å². The highest BCUT2D eigenvalue weighted by Crippen LogP contribution is 2.40. The Morgan fingerprint density at radius 2 is 1.74 bits per heavy atom. The van der Waals surface area contributed by atoms with E-state index in [1.54, 1.807) is 0 Å². The van der Waals surface area contributed by atoms with Crippen LogP contribution in [0.1, 0.15) is 24.0 Å². The molecule has 0 atom stereocenters. The standard InChI is InChI=1S/C24H19ClF3N3/c25-18-10-11-21(20(14-18)24(26,27)28)31-23-19(7-3-4-12-29-23)22(30-31)17-9-8-15-5-1-2-6-16(15)13-17/h1-2,5-6,8-11,13-14,29H,3-4,7,12H2. The van der Waals surface area contributed by atoms with E-state index in [4.69, 9.17) is 16.7 Å². The lowest BCUT2D eigenvalue weighted by molar-refractivity contribution is -0.137. The minimum absolute atomic E-state index is 0.0328. The Hall–Kier alpha value is -2.99. The lowest BCUT2D eigenvalue weighted by Crippen LogP contribution is -2.14. The first kappa shape index (κ1) is 19.9. The smallest absolute Gasteiger partial charge is 0.370 e. The second-order valence-electron chi connectivity index (χ2n) is 7.69. The molecule has 0 bridgehead atoms. The number of rotatable bonds is 2. The number of halogens is 4. The van der Waals surface area contributed by atoms with Crippen molar-refractivity contribution in [2.24, 2.45) is 0 Å². The highest BCUT2D eigenvalue weighted by Gasteiger charge is 2.36. The molecule has 0 radical (unpaired) electrons. The fourth-order valence-corrected chi connectivity index (χ4v) is 4.34. The summed E-state index contributed by atoms with van der Waals surface area (Å²) in [6.45, 7) is 0.685. The molecule has 0 aliphatic carbocycles. The predicted octanol–water partition coefficient (Wildman–Crippen LogP) is 7.11. The van der Waals surface area contributed by atoms with Crippen molar-refractivity contribution in [1.82, 2.24) is 9.78 Å². The Kier molecular flexibility index (Phi) is 4.89. The van der Waals surface area contributed by atoms with E-state index in [-0.39, 0.29) is 10.7 Å². The van der Waals surface area contributed by atoms with E-state index in [9.17, 15) is 13.2 Å². The second-order valence-corrected chi connectivity index (χ2v) is 8.13. The van der Waals surface area contributed by atoms with Crippen LogP contribution in [0.25, 0.3) is 27.7 Å². The van der Waals surface area contributed by atoms with E-state index in [1.165, 1.54) is 16.8 Å². The summed E-state index contributed by atoms with van der Waals surface area (Å²) in [6, 6.07) is 17.8. The number of benzene rings is 3. The minimum atomic E-state index is -4.55. The maximum Gasteiger partial charge on any atom is 0.418 e. The van der Waals surface area contributed by atoms with E-state index in [2.05, 4.69) is 5.32 Å². The first-order chi connectivity index (χ1) is 14.9. The van der Waals surface area contributed by atoms with E-state index < -0.39 is 11.7 Å². The lowest BCUT2D eigenvalue weighted by Gasteiger charge is -2.16. The molecule has 0 saturated carbocycles. The molecular weight excluding hydrogens is 423 g/mol. The van der Waals surface area contributed by atoms with E-state index in [0.717, 1.165) is 47.2 Å². The van der Waals surface area contributed by atoms with Gasteiger partial charge in [0.05, 0.1) is 16.9 Å². The minimum Gasteiger partial charge on any atom is -0.370 e. The average molecular weight is 442 g/mol. The molecule has 158 valence electrons. The van der Waals surface area contributed by atoms with Gasteiger partial charge in [-0.2, -0.15) is 18.3 Å². The molecule has 4 aromatic rings. The number of nitrogens with zero attached hydrogens (tertiary/aromatic N) is 2. The van der Waals surface area contributed by atoms with Crippen molar-refractivity contribution < 1.29 is 13.2 Å². The van der Waals surface area contributed by atoms with Crippen LogP contribution in [0.15, 0.2) is 60.7 Å². The van der Waals surface area contributed by atoms with Gasteiger partial charge in [-0.1, -0.05) is 48.0 Å². The summed E-state index contributed by atoms with van der Waals surface area (Å²) in [4.78, 5) is 0. The summed E-state index contributed by atoms with van der Waals surface area (Å²) in [6.07, 6.45) is -1.91. The van der Waals surface area contributed by atoms with Crippen LogP contribution >= 0.6 is 11.6 Å². The van der Waals surface area contributed by atoms with E-state index in [0.29, 0.717) is 18.1 Å². The monoisotopic (exact) mass is 441 g/mol. The highest BCUT2D eigenvalue weighted by molar-refractivity contribution is 6.30. The third kappa shape index (κ3) is 3.65. The van der Waals surface area contributed by atoms with Gasteiger partial charge < -0.3 is 5.32 Å². The molecule has 0 spiro atoms. The molecule has 0 fully saturated rings. The molecule has 1 aliphatic heterocycles. The average Bonchev–Trinajstić information content (AvgIpc) is 2.93. The number of anilines is 1. The molecule has 3 nitrogen and oxygen atoms in total. The fraction of sp³-hybridized carbons (Fsp3) is 0.208. The van der Waals surface area contributed by atoms with Gasteiger partial charge >= 0.3 is 6.18 Å². The summed E-state index contributed by atoms with van der Waals surface area (Å²) in [5, 5.41) is 10.2. The van der Waals surface area contributed by atoms with Crippen LogP contribution in [0, 0.1) is 0 Å². The molecule has 0 amide bonds. The number of fused-ring (bicyclic) bond motifs is 2. The van der Waals surface area contributed by atoms with Crippen molar-refractivity contribution in [2.45, 2.75) is 25.4 Å². The van der Waals surface area contributed by atoms with Gasteiger partial charge in [-0.25, -0.2) is 4.68 Å². The Labute approximate surface area is 182 Å². The third-order valence-corrected chi connectivity index (χ3v) is 5.88. The number of nitrogens with one attached hydrogen (secondary N) is 1. The van der Waals surface area contributed by atoms with Crippen LogP contribution in [0.4, 0.5) is 19.0 Å².